The highest BCUT2D eigenvalue weighted by Crippen LogP contribution is 2.23. The zero-order valence-corrected chi connectivity index (χ0v) is 10.7. The molecule has 1 aromatic rings. The molecule has 0 atom stereocenters. The summed E-state index contributed by atoms with van der Waals surface area (Å²) in [7, 11) is 0. The van der Waals surface area contributed by atoms with Crippen LogP contribution in [0.2, 0.25) is 0 Å². The van der Waals surface area contributed by atoms with Gasteiger partial charge in [0, 0.05) is 25.5 Å². The van der Waals surface area contributed by atoms with Gasteiger partial charge in [-0.3, -0.25) is 4.39 Å². The van der Waals surface area contributed by atoms with Crippen molar-refractivity contribution >= 4 is 21.9 Å². The van der Waals surface area contributed by atoms with Crippen molar-refractivity contribution in [1.29, 1.82) is 0 Å². The van der Waals surface area contributed by atoms with E-state index in [-0.39, 0.29) is 6.67 Å². The summed E-state index contributed by atoms with van der Waals surface area (Å²) in [6, 6.07) is 0. The highest BCUT2D eigenvalue weighted by molar-refractivity contribution is 9.10. The van der Waals surface area contributed by atoms with Crippen LogP contribution in [0.4, 0.5) is 10.3 Å². The molecule has 1 aromatic heterocycles. The lowest BCUT2D eigenvalue weighted by atomic mass is 9.94. The Balaban J connectivity index is 1.91. The van der Waals surface area contributed by atoms with Crippen LogP contribution in [-0.4, -0.2) is 29.7 Å². The van der Waals surface area contributed by atoms with E-state index in [9.17, 15) is 4.39 Å². The third-order valence-electron chi connectivity index (χ3n) is 3.02. The average Bonchev–Trinajstić information content (AvgIpc) is 2.32. The lowest BCUT2D eigenvalue weighted by Gasteiger charge is -2.31. The van der Waals surface area contributed by atoms with Crippen LogP contribution in [0.15, 0.2) is 16.9 Å². The first-order valence-electron chi connectivity index (χ1n) is 5.58. The molecule has 2 heterocycles. The fraction of sp³-hybridized carbons (Fsp3) is 0.636. The van der Waals surface area contributed by atoms with Crippen molar-refractivity contribution in [2.75, 3.05) is 24.7 Å². The minimum atomic E-state index is -0.195. The maximum absolute atomic E-state index is 12.2. The van der Waals surface area contributed by atoms with Crippen LogP contribution >= 0.6 is 15.9 Å². The molecule has 0 bridgehead atoms. The Hall–Kier alpha value is -0.710. The molecule has 1 aliphatic heterocycles. The average molecular weight is 288 g/mol. The highest BCUT2D eigenvalue weighted by Gasteiger charge is 2.20. The molecule has 88 valence electrons. The van der Waals surface area contributed by atoms with Crippen LogP contribution in [0.1, 0.15) is 19.3 Å². The van der Waals surface area contributed by atoms with Gasteiger partial charge in [0.2, 0.25) is 5.95 Å². The fourth-order valence-electron chi connectivity index (χ4n) is 2.04. The standard InChI is InChI=1S/C11H15BrFN3/c12-10-7-14-11(15-8-10)16-5-2-9(1-4-13)3-6-16/h7-9H,1-6H2. The Bertz CT molecular complexity index is 323. The molecule has 0 N–H and O–H groups in total. The van der Waals surface area contributed by atoms with E-state index in [2.05, 4.69) is 30.8 Å². The zero-order chi connectivity index (χ0) is 11.4. The van der Waals surface area contributed by atoms with Gasteiger partial charge in [-0.25, -0.2) is 9.97 Å². The van der Waals surface area contributed by atoms with Gasteiger partial charge in [0.15, 0.2) is 0 Å². The number of alkyl halides is 1. The predicted octanol–water partition coefficient (Wildman–Crippen LogP) is 2.82. The van der Waals surface area contributed by atoms with Gasteiger partial charge >= 0.3 is 0 Å². The van der Waals surface area contributed by atoms with E-state index in [0.717, 1.165) is 36.4 Å². The molecule has 0 aromatic carbocycles. The predicted molar refractivity (Wildman–Crippen MR) is 65.3 cm³/mol. The van der Waals surface area contributed by atoms with Crippen LogP contribution in [0.5, 0.6) is 0 Å². The summed E-state index contributed by atoms with van der Waals surface area (Å²) >= 11 is 3.31. The van der Waals surface area contributed by atoms with Gasteiger partial charge in [0.25, 0.3) is 0 Å². The molecule has 0 saturated carbocycles. The number of aromatic nitrogens is 2. The van der Waals surface area contributed by atoms with Crippen LogP contribution in [-0.2, 0) is 0 Å². The van der Waals surface area contributed by atoms with Gasteiger partial charge in [-0.05, 0) is 41.1 Å². The molecule has 0 unspecified atom stereocenters. The maximum Gasteiger partial charge on any atom is 0.225 e. The molecule has 0 spiro atoms. The van der Waals surface area contributed by atoms with Crippen LogP contribution < -0.4 is 4.90 Å². The van der Waals surface area contributed by atoms with Gasteiger partial charge in [-0.1, -0.05) is 0 Å². The summed E-state index contributed by atoms with van der Waals surface area (Å²) < 4.78 is 13.1. The van der Waals surface area contributed by atoms with Gasteiger partial charge in [-0.15, -0.1) is 0 Å². The zero-order valence-electron chi connectivity index (χ0n) is 9.07. The van der Waals surface area contributed by atoms with Crippen molar-refractivity contribution in [3.8, 4) is 0 Å². The number of rotatable bonds is 3. The Morgan fingerprint density at radius 1 is 1.31 bits per heavy atom. The lowest BCUT2D eigenvalue weighted by Crippen LogP contribution is -2.34. The third kappa shape index (κ3) is 2.90. The van der Waals surface area contributed by atoms with Crippen molar-refractivity contribution < 1.29 is 4.39 Å². The summed E-state index contributed by atoms with van der Waals surface area (Å²) in [5.41, 5.74) is 0. The first-order chi connectivity index (χ1) is 7.79. The molecule has 16 heavy (non-hydrogen) atoms. The van der Waals surface area contributed by atoms with Crippen molar-refractivity contribution in [3.05, 3.63) is 16.9 Å². The summed E-state index contributed by atoms with van der Waals surface area (Å²) in [5.74, 6) is 1.32. The second-order valence-corrected chi connectivity index (χ2v) is 5.03. The Labute approximate surface area is 103 Å². The Morgan fingerprint density at radius 3 is 2.50 bits per heavy atom. The topological polar surface area (TPSA) is 29.0 Å². The van der Waals surface area contributed by atoms with E-state index in [0.29, 0.717) is 12.3 Å². The Kier molecular flexibility index (Phi) is 4.09. The van der Waals surface area contributed by atoms with E-state index < -0.39 is 0 Å². The minimum absolute atomic E-state index is 0.195. The molecule has 1 aliphatic rings. The SMILES string of the molecule is FCCC1CCN(c2ncc(Br)cn2)CC1. The van der Waals surface area contributed by atoms with Gasteiger partial charge < -0.3 is 4.90 Å². The molecule has 0 amide bonds. The van der Waals surface area contributed by atoms with Gasteiger partial charge in [-0.2, -0.15) is 0 Å². The summed E-state index contributed by atoms with van der Waals surface area (Å²) in [6.45, 7) is 1.68. The second kappa shape index (κ2) is 5.57. The quantitative estimate of drug-likeness (QED) is 0.856. The largest absolute Gasteiger partial charge is 0.341 e. The summed E-state index contributed by atoms with van der Waals surface area (Å²) in [6.07, 6.45) is 6.31. The molecular formula is C11H15BrFN3. The number of piperidine rings is 1. The molecule has 0 aliphatic carbocycles. The molecule has 2 rings (SSSR count). The summed E-state index contributed by atoms with van der Waals surface area (Å²) in [5, 5.41) is 0. The van der Waals surface area contributed by atoms with E-state index in [1.54, 1.807) is 12.4 Å². The molecular weight excluding hydrogens is 273 g/mol. The van der Waals surface area contributed by atoms with Crippen molar-refractivity contribution in [1.82, 2.24) is 9.97 Å². The highest BCUT2D eigenvalue weighted by atomic mass is 79.9. The van der Waals surface area contributed by atoms with E-state index in [1.807, 2.05) is 0 Å². The van der Waals surface area contributed by atoms with E-state index >= 15 is 0 Å². The molecule has 5 heteroatoms. The maximum atomic E-state index is 12.2. The third-order valence-corrected chi connectivity index (χ3v) is 3.43. The number of nitrogens with zero attached hydrogens (tertiary/aromatic N) is 3. The fourth-order valence-corrected chi connectivity index (χ4v) is 2.25. The van der Waals surface area contributed by atoms with Crippen molar-refractivity contribution in [3.63, 3.8) is 0 Å². The van der Waals surface area contributed by atoms with Crippen molar-refractivity contribution in [2.24, 2.45) is 5.92 Å². The number of hydrogen-bond acceptors (Lipinski definition) is 3. The first kappa shape index (κ1) is 11.8. The molecule has 1 saturated heterocycles. The monoisotopic (exact) mass is 287 g/mol. The number of hydrogen-bond donors (Lipinski definition) is 0. The van der Waals surface area contributed by atoms with E-state index in [4.69, 9.17) is 0 Å². The lowest BCUT2D eigenvalue weighted by molar-refractivity contribution is 0.331. The second-order valence-electron chi connectivity index (χ2n) is 4.11. The molecule has 0 radical (unpaired) electrons. The van der Waals surface area contributed by atoms with Crippen LogP contribution in [0.3, 0.4) is 0 Å². The smallest absolute Gasteiger partial charge is 0.225 e. The van der Waals surface area contributed by atoms with Crippen LogP contribution in [0, 0.1) is 5.92 Å². The molecule has 1 fully saturated rings. The number of halogens is 2. The van der Waals surface area contributed by atoms with E-state index in [1.165, 1.54) is 0 Å². The summed E-state index contributed by atoms with van der Waals surface area (Å²) in [4.78, 5) is 10.7. The normalized spacial score (nSPS) is 17.8. The number of anilines is 1. The molecule has 3 nitrogen and oxygen atoms in total. The first-order valence-corrected chi connectivity index (χ1v) is 6.37. The Morgan fingerprint density at radius 2 is 1.94 bits per heavy atom. The van der Waals surface area contributed by atoms with Crippen LogP contribution in [0.25, 0.3) is 0 Å². The van der Waals surface area contributed by atoms with Gasteiger partial charge in [0.1, 0.15) is 0 Å². The van der Waals surface area contributed by atoms with Crippen molar-refractivity contribution in [2.45, 2.75) is 19.3 Å². The minimum Gasteiger partial charge on any atom is -0.341 e. The van der Waals surface area contributed by atoms with Gasteiger partial charge in [0.05, 0.1) is 11.1 Å².